The summed E-state index contributed by atoms with van der Waals surface area (Å²) in [7, 11) is -6.00. The van der Waals surface area contributed by atoms with Crippen LogP contribution in [0.5, 0.6) is 0 Å². The Morgan fingerprint density at radius 3 is 1.62 bits per heavy atom. The van der Waals surface area contributed by atoms with Gasteiger partial charge in [0.2, 0.25) is 0 Å². The molecule has 3 rings (SSSR count). The molecular formula is C32H43BF4NO2Se2. The van der Waals surface area contributed by atoms with E-state index in [0.29, 0.717) is 31.8 Å². The average molecular weight is 718 g/mol. The molecule has 2 aliphatic rings. The smallest absolute Gasteiger partial charge is 0.418 e. The van der Waals surface area contributed by atoms with Crippen LogP contribution in [0.4, 0.5) is 17.3 Å². The van der Waals surface area contributed by atoms with Crippen molar-refractivity contribution in [1.29, 1.82) is 0 Å². The molecule has 2 heterocycles. The standard InChI is InChI=1S/C32H42NO2Se2.BF4/c1-29(2,3)22-17-19(27(36)28(35-22)32(10,11)12)16-21-25(33)20(26(21)34)13-18-14-23(30(4,5)6)37-24(15-18)31(7,8)9;2-1(3,4)5/h13-17H,1-12H3,(H-,33,34);/q;-1/p+1. The fourth-order valence-corrected chi connectivity index (χ4v) is 7.50. The predicted octanol–water partition coefficient (Wildman–Crippen LogP) is 7.93. The van der Waals surface area contributed by atoms with E-state index in [-0.39, 0.29) is 27.4 Å². The molecule has 0 bridgehead atoms. The zero-order valence-electron chi connectivity index (χ0n) is 26.7. The van der Waals surface area contributed by atoms with Gasteiger partial charge in [0.05, 0.1) is 0 Å². The fourth-order valence-electron chi connectivity index (χ4n) is 3.92. The molecule has 1 aliphatic carbocycles. The van der Waals surface area contributed by atoms with Gasteiger partial charge in [-0.2, -0.15) is 0 Å². The molecule has 0 fully saturated rings. The Kier molecular flexibility index (Phi) is 10.6. The topological polar surface area (TPSA) is 54.4 Å². The van der Waals surface area contributed by atoms with Gasteiger partial charge in [-0.15, -0.1) is 0 Å². The molecule has 1 aliphatic heterocycles. The second kappa shape index (κ2) is 12.3. The molecule has 231 valence electrons. The number of halogens is 4. The fraction of sp³-hybridized carbons (Fsp3) is 0.500. The third-order valence-electron chi connectivity index (χ3n) is 6.36. The van der Waals surface area contributed by atoms with Crippen LogP contribution in [0.25, 0.3) is 6.08 Å². The molecule has 0 aromatic carbocycles. The van der Waals surface area contributed by atoms with Gasteiger partial charge in [-0.25, -0.2) is 0 Å². The second-order valence-electron chi connectivity index (χ2n) is 14.7. The molecule has 0 saturated heterocycles. The first-order chi connectivity index (χ1) is 18.6. The molecule has 0 saturated carbocycles. The Morgan fingerprint density at radius 2 is 1.26 bits per heavy atom. The zero-order valence-corrected chi connectivity index (χ0v) is 30.1. The summed E-state index contributed by atoms with van der Waals surface area (Å²) >= 11 is 3.49. The largest absolute Gasteiger partial charge is 0.673 e. The van der Waals surface area contributed by atoms with Crippen LogP contribution in [0.2, 0.25) is 0 Å². The number of carbonyl (C=O) groups is 1. The average Bonchev–Trinajstić information content (AvgIpc) is 2.77. The number of allylic oxidation sites excluding steroid dienone is 8. The zero-order chi connectivity index (χ0) is 32.8. The molecule has 3 nitrogen and oxygen atoms in total. The van der Waals surface area contributed by atoms with Crippen molar-refractivity contribution in [3.63, 3.8) is 0 Å². The summed E-state index contributed by atoms with van der Waals surface area (Å²) in [5.74, 6) is 1.75. The van der Waals surface area contributed by atoms with E-state index in [1.807, 2.05) is 18.2 Å². The number of ketones is 1. The maximum absolute atomic E-state index is 13.4. The van der Waals surface area contributed by atoms with E-state index in [9.17, 15) is 22.1 Å². The summed E-state index contributed by atoms with van der Waals surface area (Å²) in [5.41, 5.74) is 10.1. The number of nitrogens with two attached hydrogens (primary N) is 1. The third kappa shape index (κ3) is 9.57. The maximum atomic E-state index is 13.4. The van der Waals surface area contributed by atoms with Gasteiger partial charge in [-0.1, -0.05) is 0 Å². The normalized spacial score (nSPS) is 17.9. The van der Waals surface area contributed by atoms with Crippen molar-refractivity contribution >= 4 is 54.5 Å². The Hall–Kier alpha value is -1.86. The molecule has 2 N–H and O–H groups in total. The molecule has 1 radical (unpaired) electrons. The van der Waals surface area contributed by atoms with Crippen LogP contribution in [0, 0.1) is 10.8 Å². The van der Waals surface area contributed by atoms with Crippen molar-refractivity contribution in [3.05, 3.63) is 72.7 Å². The van der Waals surface area contributed by atoms with Gasteiger partial charge in [0, 0.05) is 0 Å². The molecule has 0 atom stereocenters. The van der Waals surface area contributed by atoms with Crippen LogP contribution in [-0.2, 0) is 15.6 Å². The summed E-state index contributed by atoms with van der Waals surface area (Å²) in [4.78, 5) is 13.4. The van der Waals surface area contributed by atoms with E-state index < -0.39 is 7.25 Å². The van der Waals surface area contributed by atoms with E-state index in [2.05, 4.69) is 111 Å². The first-order valence-electron chi connectivity index (χ1n) is 13.8. The molecule has 10 heteroatoms. The number of hydrogen-bond donors (Lipinski definition) is 1. The molecule has 0 unspecified atom stereocenters. The van der Waals surface area contributed by atoms with E-state index in [1.54, 1.807) is 0 Å². The molecule has 0 amide bonds. The number of hydrogen-bond acceptors (Lipinski definition) is 2. The van der Waals surface area contributed by atoms with E-state index >= 15 is 0 Å². The van der Waals surface area contributed by atoms with E-state index in [0.717, 1.165) is 27.1 Å². The van der Waals surface area contributed by atoms with Gasteiger partial charge in [0.15, 0.2) is 0 Å². The monoisotopic (exact) mass is 720 g/mol. The van der Waals surface area contributed by atoms with Crippen molar-refractivity contribution in [1.82, 2.24) is 0 Å². The van der Waals surface area contributed by atoms with Crippen LogP contribution in [0.3, 0.4) is 0 Å². The molecule has 42 heavy (non-hydrogen) atoms. The molecule has 0 spiro atoms. The molecular weight excluding hydrogens is 675 g/mol. The summed E-state index contributed by atoms with van der Waals surface area (Å²) in [6, 6.07) is 2.03. The van der Waals surface area contributed by atoms with Crippen molar-refractivity contribution in [2.45, 2.75) is 93.9 Å². The van der Waals surface area contributed by atoms with Gasteiger partial charge in [-0.3, -0.25) is 0 Å². The number of rotatable bonds is 2. The molecule has 1 aromatic heterocycles. The Morgan fingerprint density at radius 1 is 0.810 bits per heavy atom. The summed E-state index contributed by atoms with van der Waals surface area (Å²) in [6.45, 7) is 26.3. The van der Waals surface area contributed by atoms with Crippen LogP contribution < -0.4 is 10.2 Å². The minimum atomic E-state index is -6.00. The van der Waals surface area contributed by atoms with Crippen LogP contribution in [-0.4, -0.2) is 44.0 Å². The van der Waals surface area contributed by atoms with Crippen molar-refractivity contribution in [2.24, 2.45) is 16.6 Å². The second-order valence-corrected chi connectivity index (χ2v) is 17.8. The number of Topliss-reactive ketones (excluding diaryl/α,β-unsaturated/α-hetero) is 1. The van der Waals surface area contributed by atoms with Gasteiger partial charge in [-0.05, 0) is 0 Å². The minimum absolute atomic E-state index is 0.00712. The third-order valence-corrected chi connectivity index (χ3v) is 11.2. The minimum Gasteiger partial charge on any atom is -0.418 e. The Bertz CT molecular complexity index is 1370. The van der Waals surface area contributed by atoms with Gasteiger partial charge in [0.25, 0.3) is 0 Å². The predicted molar refractivity (Wildman–Crippen MR) is 169 cm³/mol. The van der Waals surface area contributed by atoms with Gasteiger partial charge >= 0.3 is 247 Å². The first-order valence-corrected chi connectivity index (χ1v) is 16.3. The van der Waals surface area contributed by atoms with Crippen molar-refractivity contribution in [2.75, 3.05) is 0 Å². The number of carbonyl (C=O) groups excluding carboxylic acids is 1. The SMILES string of the molecule is CC(C)(C)C1=CC(=CC2=C(N)C(=Cc3cc(C(C)(C)C)[o+]c(C(C)(C)C)c3[Se])C2=O)C=C(C(C)(C)C)[Se]1.F[B-](F)(F)F. The quantitative estimate of drug-likeness (QED) is 0.146. The van der Waals surface area contributed by atoms with Crippen molar-refractivity contribution < 1.29 is 26.5 Å². The Labute approximate surface area is 263 Å². The first kappa shape index (κ1) is 36.3. The Balaban J connectivity index is 0.00000113. The van der Waals surface area contributed by atoms with Crippen molar-refractivity contribution in [3.8, 4) is 0 Å². The maximum Gasteiger partial charge on any atom is 0.673 e. The van der Waals surface area contributed by atoms with E-state index in [4.69, 9.17) is 10.2 Å². The van der Waals surface area contributed by atoms with Crippen LogP contribution in [0.15, 0.2) is 60.1 Å². The van der Waals surface area contributed by atoms with Crippen LogP contribution >= 0.6 is 0 Å². The van der Waals surface area contributed by atoms with E-state index in [1.165, 1.54) is 8.94 Å². The van der Waals surface area contributed by atoms with Crippen LogP contribution in [0.1, 0.15) is 100 Å². The molecule has 1 aromatic rings. The summed E-state index contributed by atoms with van der Waals surface area (Å²) < 4.78 is 49.1. The summed E-state index contributed by atoms with van der Waals surface area (Å²) in [6.07, 6.45) is 8.41. The van der Waals surface area contributed by atoms with Gasteiger partial charge in [0.1, 0.15) is 0 Å². The van der Waals surface area contributed by atoms with Gasteiger partial charge < -0.3 is 17.3 Å². The summed E-state index contributed by atoms with van der Waals surface area (Å²) in [5, 5.41) is 0.